The first-order valence-corrected chi connectivity index (χ1v) is 5.64. The Morgan fingerprint density at radius 3 is 2.85 bits per heavy atom. The highest BCUT2D eigenvalue weighted by Crippen LogP contribution is 2.35. The lowest BCUT2D eigenvalue weighted by Crippen LogP contribution is -2.19. The second-order valence-electron chi connectivity index (χ2n) is 3.77. The normalized spacial score (nSPS) is 19.8. The maximum absolute atomic E-state index is 13.1. The molecule has 1 unspecified atom stereocenters. The summed E-state index contributed by atoms with van der Waals surface area (Å²) in [4.78, 5) is 0.729. The number of nitrogens with two attached hydrogens (primary N) is 1. The summed E-state index contributed by atoms with van der Waals surface area (Å²) in [5.74, 6) is 0.619. The SMILES string of the molecule is NC(CC1CCC1)c1sccc1F. The largest absolute Gasteiger partial charge is 0.323 e. The molecule has 72 valence electrons. The van der Waals surface area contributed by atoms with E-state index in [1.165, 1.54) is 36.7 Å². The van der Waals surface area contributed by atoms with Crippen molar-refractivity contribution in [3.63, 3.8) is 0 Å². The molecule has 2 rings (SSSR count). The van der Waals surface area contributed by atoms with Crippen LogP contribution in [0.25, 0.3) is 0 Å². The van der Waals surface area contributed by atoms with Gasteiger partial charge in [0.2, 0.25) is 0 Å². The molecule has 1 heterocycles. The first kappa shape index (κ1) is 9.16. The van der Waals surface area contributed by atoms with E-state index in [2.05, 4.69) is 0 Å². The molecule has 0 saturated heterocycles. The van der Waals surface area contributed by atoms with E-state index in [0.29, 0.717) is 0 Å². The topological polar surface area (TPSA) is 26.0 Å². The molecule has 13 heavy (non-hydrogen) atoms. The van der Waals surface area contributed by atoms with Crippen molar-refractivity contribution in [1.29, 1.82) is 0 Å². The van der Waals surface area contributed by atoms with Gasteiger partial charge >= 0.3 is 0 Å². The molecule has 0 aliphatic heterocycles. The van der Waals surface area contributed by atoms with Crippen molar-refractivity contribution < 1.29 is 4.39 Å². The minimum absolute atomic E-state index is 0.0784. The zero-order chi connectivity index (χ0) is 9.26. The fourth-order valence-corrected chi connectivity index (χ4v) is 2.55. The fraction of sp³-hybridized carbons (Fsp3) is 0.600. The Hall–Kier alpha value is -0.410. The van der Waals surface area contributed by atoms with Gasteiger partial charge in [-0.3, -0.25) is 0 Å². The van der Waals surface area contributed by atoms with Crippen LogP contribution in [0.5, 0.6) is 0 Å². The number of thiophene rings is 1. The van der Waals surface area contributed by atoms with Gasteiger partial charge < -0.3 is 5.73 Å². The van der Waals surface area contributed by atoms with Crippen LogP contribution >= 0.6 is 11.3 Å². The van der Waals surface area contributed by atoms with Gasteiger partial charge in [-0.15, -0.1) is 11.3 Å². The number of hydrogen-bond acceptors (Lipinski definition) is 2. The van der Waals surface area contributed by atoms with E-state index >= 15 is 0 Å². The van der Waals surface area contributed by atoms with E-state index in [0.717, 1.165) is 17.2 Å². The van der Waals surface area contributed by atoms with Crippen LogP contribution in [-0.4, -0.2) is 0 Å². The summed E-state index contributed by atoms with van der Waals surface area (Å²) in [5.41, 5.74) is 5.92. The first-order valence-electron chi connectivity index (χ1n) is 4.76. The van der Waals surface area contributed by atoms with Crippen LogP contribution in [0.4, 0.5) is 4.39 Å². The lowest BCUT2D eigenvalue weighted by atomic mass is 9.81. The Morgan fingerprint density at radius 2 is 2.38 bits per heavy atom. The van der Waals surface area contributed by atoms with Crippen molar-refractivity contribution in [1.82, 2.24) is 0 Å². The summed E-state index contributed by atoms with van der Waals surface area (Å²) in [5, 5.41) is 1.77. The van der Waals surface area contributed by atoms with Gasteiger partial charge in [0.1, 0.15) is 5.82 Å². The quantitative estimate of drug-likeness (QED) is 0.795. The van der Waals surface area contributed by atoms with Gasteiger partial charge in [0, 0.05) is 6.04 Å². The van der Waals surface area contributed by atoms with Crippen molar-refractivity contribution >= 4 is 11.3 Å². The monoisotopic (exact) mass is 199 g/mol. The van der Waals surface area contributed by atoms with Crippen molar-refractivity contribution in [3.8, 4) is 0 Å². The summed E-state index contributed by atoms with van der Waals surface area (Å²) < 4.78 is 13.1. The molecule has 1 fully saturated rings. The van der Waals surface area contributed by atoms with Gasteiger partial charge in [-0.05, 0) is 23.8 Å². The first-order chi connectivity index (χ1) is 6.27. The Bertz CT molecular complexity index is 280. The molecule has 1 saturated carbocycles. The molecule has 0 aromatic carbocycles. The highest BCUT2D eigenvalue weighted by molar-refractivity contribution is 7.10. The zero-order valence-electron chi connectivity index (χ0n) is 7.50. The Labute approximate surface area is 81.8 Å². The fourth-order valence-electron chi connectivity index (χ4n) is 1.76. The number of halogens is 1. The standard InChI is InChI=1S/C10H14FNS/c11-8-4-5-13-10(8)9(12)6-7-2-1-3-7/h4-5,7,9H,1-3,6,12H2. The predicted octanol–water partition coefficient (Wildman–Crippen LogP) is 3.08. The van der Waals surface area contributed by atoms with Crippen molar-refractivity contribution in [2.75, 3.05) is 0 Å². The van der Waals surface area contributed by atoms with Gasteiger partial charge in [0.05, 0.1) is 4.88 Å². The third-order valence-electron chi connectivity index (χ3n) is 2.79. The van der Waals surface area contributed by atoms with Crippen LogP contribution in [0, 0.1) is 11.7 Å². The van der Waals surface area contributed by atoms with E-state index < -0.39 is 0 Å². The molecule has 1 nitrogen and oxygen atoms in total. The molecule has 1 aliphatic carbocycles. The lowest BCUT2D eigenvalue weighted by Gasteiger charge is -2.27. The molecule has 0 bridgehead atoms. The van der Waals surface area contributed by atoms with Gasteiger partial charge in [-0.2, -0.15) is 0 Å². The smallest absolute Gasteiger partial charge is 0.138 e. The summed E-state index contributed by atoms with van der Waals surface area (Å²) in [7, 11) is 0. The third kappa shape index (κ3) is 1.92. The number of hydrogen-bond donors (Lipinski definition) is 1. The van der Waals surface area contributed by atoms with Crippen molar-refractivity contribution in [3.05, 3.63) is 22.1 Å². The molecule has 3 heteroatoms. The second-order valence-corrected chi connectivity index (χ2v) is 4.72. The molecular weight excluding hydrogens is 185 g/mol. The molecular formula is C10H14FNS. The van der Waals surface area contributed by atoms with E-state index in [4.69, 9.17) is 5.73 Å². The molecule has 0 amide bonds. The third-order valence-corrected chi connectivity index (χ3v) is 3.82. The van der Waals surface area contributed by atoms with E-state index in [9.17, 15) is 4.39 Å². The van der Waals surface area contributed by atoms with Crippen LogP contribution in [-0.2, 0) is 0 Å². The van der Waals surface area contributed by atoms with Crippen LogP contribution < -0.4 is 5.73 Å². The predicted molar refractivity (Wildman–Crippen MR) is 53.2 cm³/mol. The van der Waals surface area contributed by atoms with Gasteiger partial charge in [0.15, 0.2) is 0 Å². The van der Waals surface area contributed by atoms with E-state index in [1.807, 2.05) is 0 Å². The minimum atomic E-state index is -0.128. The molecule has 1 aliphatic rings. The Morgan fingerprint density at radius 1 is 1.62 bits per heavy atom. The summed E-state index contributed by atoms with van der Waals surface area (Å²) in [6.07, 6.45) is 4.84. The van der Waals surface area contributed by atoms with Crippen LogP contribution in [0.2, 0.25) is 0 Å². The van der Waals surface area contributed by atoms with Crippen molar-refractivity contribution in [2.24, 2.45) is 11.7 Å². The molecule has 0 spiro atoms. The highest BCUT2D eigenvalue weighted by Gasteiger charge is 2.22. The average molecular weight is 199 g/mol. The summed E-state index contributed by atoms with van der Waals surface area (Å²) in [6.45, 7) is 0. The lowest BCUT2D eigenvalue weighted by molar-refractivity contribution is 0.277. The van der Waals surface area contributed by atoms with Crippen molar-refractivity contribution in [2.45, 2.75) is 31.7 Å². The summed E-state index contributed by atoms with van der Waals surface area (Å²) in [6, 6.07) is 1.42. The summed E-state index contributed by atoms with van der Waals surface area (Å²) >= 11 is 1.43. The number of rotatable bonds is 3. The Kier molecular flexibility index (Phi) is 2.65. The van der Waals surface area contributed by atoms with Crippen LogP contribution in [0.15, 0.2) is 11.4 Å². The van der Waals surface area contributed by atoms with Gasteiger partial charge in [0.25, 0.3) is 0 Å². The molecule has 1 atom stereocenters. The average Bonchev–Trinajstić information content (AvgIpc) is 2.43. The Balaban J connectivity index is 1.96. The highest BCUT2D eigenvalue weighted by atomic mass is 32.1. The van der Waals surface area contributed by atoms with E-state index in [1.54, 1.807) is 5.38 Å². The molecule has 1 aromatic heterocycles. The maximum Gasteiger partial charge on any atom is 0.138 e. The van der Waals surface area contributed by atoms with Gasteiger partial charge in [-0.1, -0.05) is 19.3 Å². The zero-order valence-corrected chi connectivity index (χ0v) is 8.32. The molecule has 2 N–H and O–H groups in total. The van der Waals surface area contributed by atoms with Crippen LogP contribution in [0.1, 0.15) is 36.6 Å². The molecule has 0 radical (unpaired) electrons. The molecule has 1 aromatic rings. The maximum atomic E-state index is 13.1. The minimum Gasteiger partial charge on any atom is -0.323 e. The van der Waals surface area contributed by atoms with Crippen LogP contribution in [0.3, 0.4) is 0 Å². The second kappa shape index (κ2) is 3.76. The van der Waals surface area contributed by atoms with E-state index in [-0.39, 0.29) is 11.9 Å². The van der Waals surface area contributed by atoms with Gasteiger partial charge in [-0.25, -0.2) is 4.39 Å².